The van der Waals surface area contributed by atoms with E-state index in [2.05, 4.69) is 21.4 Å². The van der Waals surface area contributed by atoms with Crippen molar-refractivity contribution >= 4 is 27.3 Å². The molecule has 6 heteroatoms. The van der Waals surface area contributed by atoms with E-state index < -0.39 is 17.7 Å². The Hall–Kier alpha value is -0.820. The number of nitrogens with one attached hydrogen (secondary N) is 1. The molecule has 1 aromatic carbocycles. The van der Waals surface area contributed by atoms with Crippen LogP contribution in [0.1, 0.15) is 16.5 Å². The van der Waals surface area contributed by atoms with Crippen LogP contribution in [-0.4, -0.2) is 0 Å². The molecule has 2 nitrogen and oxygen atoms in total. The van der Waals surface area contributed by atoms with Crippen molar-refractivity contribution in [3.63, 3.8) is 0 Å². The van der Waals surface area contributed by atoms with Gasteiger partial charge in [-0.25, -0.2) is 14.2 Å². The highest BCUT2D eigenvalue weighted by Gasteiger charge is 2.18. The van der Waals surface area contributed by atoms with E-state index in [1.807, 2.05) is 11.4 Å². The molecule has 0 spiro atoms. The summed E-state index contributed by atoms with van der Waals surface area (Å²) in [6.45, 7) is 0. The Labute approximate surface area is 110 Å². The average molecular weight is 319 g/mol. The monoisotopic (exact) mass is 318 g/mol. The maximum Gasteiger partial charge on any atom is 0.126 e. The van der Waals surface area contributed by atoms with Gasteiger partial charge >= 0.3 is 0 Å². The van der Waals surface area contributed by atoms with Crippen molar-refractivity contribution in [3.8, 4) is 0 Å². The molecule has 17 heavy (non-hydrogen) atoms. The smallest absolute Gasteiger partial charge is 0.126 e. The van der Waals surface area contributed by atoms with E-state index in [0.29, 0.717) is 5.56 Å². The topological polar surface area (TPSA) is 38.0 Å². The van der Waals surface area contributed by atoms with Crippen LogP contribution in [0.2, 0.25) is 0 Å². The molecule has 0 saturated carbocycles. The van der Waals surface area contributed by atoms with Crippen molar-refractivity contribution in [2.24, 2.45) is 5.84 Å². The molecule has 0 amide bonds. The lowest BCUT2D eigenvalue weighted by Crippen LogP contribution is -2.28. The summed E-state index contributed by atoms with van der Waals surface area (Å²) in [4.78, 5) is 0.873. The molecule has 1 atom stereocenters. The summed E-state index contributed by atoms with van der Waals surface area (Å²) in [5.74, 6) is 4.22. The molecule has 2 aromatic rings. The van der Waals surface area contributed by atoms with E-state index in [9.17, 15) is 8.78 Å². The second-order valence-corrected chi connectivity index (χ2v) is 5.24. The molecule has 3 N–H and O–H groups in total. The van der Waals surface area contributed by atoms with Crippen LogP contribution < -0.4 is 11.3 Å². The lowest BCUT2D eigenvalue weighted by Gasteiger charge is -2.15. The zero-order valence-electron chi connectivity index (χ0n) is 8.58. The fourth-order valence-corrected chi connectivity index (χ4v) is 3.26. The zero-order valence-corrected chi connectivity index (χ0v) is 11.0. The number of halogens is 3. The molecule has 0 aliphatic rings. The predicted molar refractivity (Wildman–Crippen MR) is 67.5 cm³/mol. The Balaban J connectivity index is 2.45. The largest absolute Gasteiger partial charge is 0.271 e. The van der Waals surface area contributed by atoms with E-state index >= 15 is 0 Å². The molecule has 0 aliphatic carbocycles. The number of nitrogens with two attached hydrogens (primary N) is 1. The molecule has 0 bridgehead atoms. The zero-order chi connectivity index (χ0) is 12.4. The first-order valence-electron chi connectivity index (χ1n) is 4.77. The molecule has 90 valence electrons. The standard InChI is InChI=1S/C11H9BrF2N2S/c12-9-1-2-17-11(9)10(16-15)6-3-7(13)5-8(14)4-6/h1-5,10,16H,15H2. The Kier molecular flexibility index (Phi) is 3.88. The van der Waals surface area contributed by atoms with Crippen LogP contribution in [0.3, 0.4) is 0 Å². The van der Waals surface area contributed by atoms with Gasteiger partial charge in [0.15, 0.2) is 0 Å². The van der Waals surface area contributed by atoms with Crippen molar-refractivity contribution in [3.05, 3.63) is 56.2 Å². The van der Waals surface area contributed by atoms with Crippen LogP contribution in [0, 0.1) is 11.6 Å². The van der Waals surface area contributed by atoms with E-state index in [1.54, 1.807) is 0 Å². The Morgan fingerprint density at radius 3 is 2.35 bits per heavy atom. The van der Waals surface area contributed by atoms with Crippen LogP contribution in [0.25, 0.3) is 0 Å². The molecular weight excluding hydrogens is 310 g/mol. The highest BCUT2D eigenvalue weighted by Crippen LogP contribution is 2.33. The molecule has 2 rings (SSSR count). The van der Waals surface area contributed by atoms with Gasteiger partial charge in [0.2, 0.25) is 0 Å². The minimum Gasteiger partial charge on any atom is -0.271 e. The molecule has 0 saturated heterocycles. The summed E-state index contributed by atoms with van der Waals surface area (Å²) in [5, 5.41) is 1.87. The normalized spacial score (nSPS) is 12.7. The summed E-state index contributed by atoms with van der Waals surface area (Å²) < 4.78 is 27.2. The van der Waals surface area contributed by atoms with Crippen LogP contribution in [-0.2, 0) is 0 Å². The predicted octanol–water partition coefficient (Wildman–Crippen LogP) is 3.34. The van der Waals surface area contributed by atoms with Crippen LogP contribution in [0.15, 0.2) is 34.1 Å². The molecule has 0 aliphatic heterocycles. The van der Waals surface area contributed by atoms with Crippen LogP contribution >= 0.6 is 27.3 Å². The van der Waals surface area contributed by atoms with Gasteiger partial charge in [0.05, 0.1) is 6.04 Å². The van der Waals surface area contributed by atoms with E-state index in [0.717, 1.165) is 15.4 Å². The number of thiophene rings is 1. The maximum atomic E-state index is 13.1. The van der Waals surface area contributed by atoms with E-state index in [1.165, 1.54) is 23.5 Å². The van der Waals surface area contributed by atoms with Crippen molar-refractivity contribution in [2.45, 2.75) is 6.04 Å². The van der Waals surface area contributed by atoms with Crippen LogP contribution in [0.4, 0.5) is 8.78 Å². The number of benzene rings is 1. The third-order valence-electron chi connectivity index (χ3n) is 2.29. The van der Waals surface area contributed by atoms with Gasteiger partial charge in [0, 0.05) is 15.4 Å². The summed E-state index contributed by atoms with van der Waals surface area (Å²) in [7, 11) is 0. The number of hydrogen-bond acceptors (Lipinski definition) is 3. The minimum atomic E-state index is -0.618. The molecule has 1 aromatic heterocycles. The van der Waals surface area contributed by atoms with Gasteiger partial charge in [-0.3, -0.25) is 5.84 Å². The lowest BCUT2D eigenvalue weighted by molar-refractivity contribution is 0.567. The van der Waals surface area contributed by atoms with Gasteiger partial charge < -0.3 is 0 Å². The fraction of sp³-hybridized carbons (Fsp3) is 0.0909. The van der Waals surface area contributed by atoms with Crippen molar-refractivity contribution in [1.29, 1.82) is 0 Å². The number of hydrazine groups is 1. The van der Waals surface area contributed by atoms with Gasteiger partial charge in [-0.2, -0.15) is 0 Å². The first-order chi connectivity index (χ1) is 8.11. The lowest BCUT2D eigenvalue weighted by atomic mass is 10.1. The summed E-state index contributed by atoms with van der Waals surface area (Å²) in [5.41, 5.74) is 3.02. The van der Waals surface area contributed by atoms with Crippen molar-refractivity contribution in [2.75, 3.05) is 0 Å². The second kappa shape index (κ2) is 5.22. The van der Waals surface area contributed by atoms with Crippen molar-refractivity contribution in [1.82, 2.24) is 5.43 Å². The van der Waals surface area contributed by atoms with Gasteiger partial charge in [0.25, 0.3) is 0 Å². The maximum absolute atomic E-state index is 13.1. The minimum absolute atomic E-state index is 0.436. The molecule has 0 radical (unpaired) electrons. The third kappa shape index (κ3) is 2.71. The first kappa shape index (κ1) is 12.6. The highest BCUT2D eigenvalue weighted by atomic mass is 79.9. The van der Waals surface area contributed by atoms with Gasteiger partial charge in [-0.1, -0.05) is 0 Å². The molecule has 1 unspecified atom stereocenters. The Morgan fingerprint density at radius 2 is 1.88 bits per heavy atom. The SMILES string of the molecule is NNC(c1cc(F)cc(F)c1)c1sccc1Br. The van der Waals surface area contributed by atoms with E-state index in [4.69, 9.17) is 5.84 Å². The van der Waals surface area contributed by atoms with Gasteiger partial charge in [0.1, 0.15) is 11.6 Å². The van der Waals surface area contributed by atoms with E-state index in [-0.39, 0.29) is 0 Å². The average Bonchev–Trinajstić information content (AvgIpc) is 2.65. The first-order valence-corrected chi connectivity index (χ1v) is 6.44. The van der Waals surface area contributed by atoms with Crippen LogP contribution in [0.5, 0.6) is 0 Å². The Morgan fingerprint density at radius 1 is 1.24 bits per heavy atom. The number of rotatable bonds is 3. The number of hydrogen-bond donors (Lipinski definition) is 2. The highest BCUT2D eigenvalue weighted by molar-refractivity contribution is 9.10. The summed E-state index contributed by atoms with van der Waals surface area (Å²) >= 11 is 4.82. The second-order valence-electron chi connectivity index (χ2n) is 3.44. The summed E-state index contributed by atoms with van der Waals surface area (Å²) in [6, 6.07) is 4.79. The van der Waals surface area contributed by atoms with Gasteiger partial charge in [-0.15, -0.1) is 11.3 Å². The Bertz CT molecular complexity index is 510. The van der Waals surface area contributed by atoms with Crippen molar-refractivity contribution < 1.29 is 8.78 Å². The third-order valence-corrected chi connectivity index (χ3v) is 4.23. The fourth-order valence-electron chi connectivity index (χ4n) is 1.58. The molecule has 1 heterocycles. The summed E-state index contributed by atoms with van der Waals surface area (Å²) in [6.07, 6.45) is 0. The molecular formula is C11H9BrF2N2S. The molecule has 0 fully saturated rings. The quantitative estimate of drug-likeness (QED) is 0.673. The van der Waals surface area contributed by atoms with Gasteiger partial charge in [-0.05, 0) is 45.1 Å².